The second-order valence-electron chi connectivity index (χ2n) is 4.07. The molecule has 1 aromatic heterocycles. The zero-order chi connectivity index (χ0) is 10.5. The molecule has 1 aliphatic rings. The lowest BCUT2D eigenvalue weighted by molar-refractivity contribution is 1.39. The largest absolute Gasteiger partial charge is 0.354 e. The molecule has 2 nitrogen and oxygen atoms in total. The van der Waals surface area contributed by atoms with Crippen molar-refractivity contribution in [3.05, 3.63) is 46.8 Å². The number of nitrogens with one attached hydrogen (secondary N) is 1. The minimum atomic E-state index is 1.18. The molecule has 4 rings (SSSR count). The maximum Gasteiger partial charge on any atom is 0.0471 e. The van der Waals surface area contributed by atoms with Crippen LogP contribution in [0.5, 0.6) is 0 Å². The molecule has 0 saturated carbocycles. The van der Waals surface area contributed by atoms with Crippen LogP contribution in [0, 0.1) is 0 Å². The third kappa shape index (κ3) is 0.865. The normalized spacial score (nSPS) is 13.2. The summed E-state index contributed by atoms with van der Waals surface area (Å²) in [5, 5.41) is 9.22. The molecule has 0 aliphatic carbocycles. The molecule has 3 aromatic rings. The second-order valence-corrected chi connectivity index (χ2v) is 4.07. The molecular weight excluding hydrogens is 196 g/mol. The fourth-order valence-electron chi connectivity index (χ4n) is 2.43. The van der Waals surface area contributed by atoms with Crippen LogP contribution in [0.4, 0.5) is 0 Å². The van der Waals surface area contributed by atoms with Gasteiger partial charge in [-0.25, -0.2) is 0 Å². The summed E-state index contributed by atoms with van der Waals surface area (Å²) in [7, 11) is 0. The van der Waals surface area contributed by atoms with Gasteiger partial charge in [0, 0.05) is 44.6 Å². The Balaban J connectivity index is 2.43. The third-order valence-corrected chi connectivity index (χ3v) is 3.16. The van der Waals surface area contributed by atoms with Crippen molar-refractivity contribution in [3.63, 3.8) is 0 Å². The van der Waals surface area contributed by atoms with Crippen molar-refractivity contribution in [1.82, 2.24) is 10.3 Å². The zero-order valence-electron chi connectivity index (χ0n) is 8.57. The number of aromatic nitrogens is 1. The van der Waals surface area contributed by atoms with Gasteiger partial charge in [-0.1, -0.05) is 24.3 Å². The molecule has 0 unspecified atom stereocenters. The highest BCUT2D eigenvalue weighted by Gasteiger charge is 2.07. The van der Waals surface area contributed by atoms with Crippen molar-refractivity contribution in [2.45, 2.75) is 0 Å². The fourth-order valence-corrected chi connectivity index (χ4v) is 2.43. The average molecular weight is 205 g/mol. The number of rotatable bonds is 0. The summed E-state index contributed by atoms with van der Waals surface area (Å²) in [6.45, 7) is 0. The van der Waals surface area contributed by atoms with E-state index in [1.165, 1.54) is 32.2 Å². The minimum Gasteiger partial charge on any atom is -0.354 e. The van der Waals surface area contributed by atoms with Gasteiger partial charge in [0.15, 0.2) is 0 Å². The summed E-state index contributed by atoms with van der Waals surface area (Å²) in [6.07, 6.45) is 3.86. The number of aromatic amines is 1. The molecule has 2 heteroatoms. The Labute approximate surface area is 91.9 Å². The van der Waals surface area contributed by atoms with Crippen molar-refractivity contribution in [2.75, 3.05) is 0 Å². The molecule has 1 aliphatic heterocycles. The molecule has 1 N–H and O–H groups in total. The summed E-state index contributed by atoms with van der Waals surface area (Å²) in [5.41, 5.74) is 2.37. The standard InChI is InChI=1S/C14H9N2/c1-2-4-12-10(3-1)14-11-8-15-7-9(11)5-6-13(14)16-12/h1-8,16H. The number of hydrogen-bond donors (Lipinski definition) is 1. The quantitative estimate of drug-likeness (QED) is 0.575. The fraction of sp³-hybridized carbons (Fsp3) is 0. The Kier molecular flexibility index (Phi) is 1.33. The van der Waals surface area contributed by atoms with Gasteiger partial charge in [-0.2, -0.15) is 0 Å². The first-order valence-corrected chi connectivity index (χ1v) is 5.33. The lowest BCUT2D eigenvalue weighted by atomic mass is 10.1. The zero-order valence-corrected chi connectivity index (χ0v) is 8.57. The molecule has 2 aromatic carbocycles. The summed E-state index contributed by atoms with van der Waals surface area (Å²) in [4.78, 5) is 3.43. The number of fused-ring (bicyclic) bond motifs is 5. The van der Waals surface area contributed by atoms with Crippen LogP contribution in [0.2, 0.25) is 0 Å². The van der Waals surface area contributed by atoms with Crippen LogP contribution >= 0.6 is 0 Å². The number of hydrogen-bond acceptors (Lipinski definition) is 0. The van der Waals surface area contributed by atoms with E-state index in [1.807, 2.05) is 12.4 Å². The first-order valence-electron chi connectivity index (χ1n) is 5.33. The predicted molar refractivity (Wildman–Crippen MR) is 66.1 cm³/mol. The van der Waals surface area contributed by atoms with E-state index in [0.717, 1.165) is 0 Å². The number of benzene rings is 2. The molecule has 16 heavy (non-hydrogen) atoms. The smallest absolute Gasteiger partial charge is 0.0471 e. The Hall–Kier alpha value is -2.22. The van der Waals surface area contributed by atoms with Crippen molar-refractivity contribution in [2.24, 2.45) is 0 Å². The molecule has 1 radical (unpaired) electrons. The number of nitrogens with zero attached hydrogens (tertiary/aromatic N) is 1. The van der Waals surface area contributed by atoms with Gasteiger partial charge in [0.05, 0.1) is 0 Å². The van der Waals surface area contributed by atoms with Crippen molar-refractivity contribution in [1.29, 1.82) is 0 Å². The average Bonchev–Trinajstić information content (AvgIpc) is 2.91. The molecule has 0 saturated heterocycles. The molecule has 75 valence electrons. The molecule has 0 atom stereocenters. The van der Waals surface area contributed by atoms with Crippen LogP contribution < -0.4 is 15.8 Å². The van der Waals surface area contributed by atoms with E-state index in [9.17, 15) is 0 Å². The minimum absolute atomic E-state index is 1.18. The maximum absolute atomic E-state index is 4.22. The summed E-state index contributed by atoms with van der Waals surface area (Å²) < 4.78 is 0. The highest BCUT2D eigenvalue weighted by atomic mass is 14.8. The molecule has 0 fully saturated rings. The van der Waals surface area contributed by atoms with Gasteiger partial charge in [0.2, 0.25) is 0 Å². The van der Waals surface area contributed by atoms with Gasteiger partial charge in [0.1, 0.15) is 0 Å². The van der Waals surface area contributed by atoms with Crippen LogP contribution in [0.15, 0.2) is 36.4 Å². The maximum atomic E-state index is 4.22. The van der Waals surface area contributed by atoms with E-state index < -0.39 is 0 Å². The van der Waals surface area contributed by atoms with E-state index in [0.29, 0.717) is 0 Å². The van der Waals surface area contributed by atoms with Crippen molar-refractivity contribution >= 4 is 34.2 Å². The van der Waals surface area contributed by atoms with E-state index >= 15 is 0 Å². The van der Waals surface area contributed by atoms with E-state index in [2.05, 4.69) is 46.7 Å². The molecular formula is C14H9N2. The van der Waals surface area contributed by atoms with Crippen LogP contribution in [0.25, 0.3) is 34.2 Å². The van der Waals surface area contributed by atoms with Gasteiger partial charge in [-0.3, -0.25) is 5.32 Å². The SMILES string of the molecule is C1=c2ccc3[nH]c4ccccc4c3c2=C[N]1. The van der Waals surface area contributed by atoms with Gasteiger partial charge in [-0.05, 0) is 12.1 Å². The summed E-state index contributed by atoms with van der Waals surface area (Å²) in [6, 6.07) is 12.6. The van der Waals surface area contributed by atoms with E-state index in [4.69, 9.17) is 0 Å². The predicted octanol–water partition coefficient (Wildman–Crippen LogP) is 1.42. The lowest BCUT2D eigenvalue weighted by Gasteiger charge is -1.91. The highest BCUT2D eigenvalue weighted by Crippen LogP contribution is 2.21. The van der Waals surface area contributed by atoms with Crippen LogP contribution in [-0.4, -0.2) is 4.98 Å². The van der Waals surface area contributed by atoms with Gasteiger partial charge < -0.3 is 4.98 Å². The summed E-state index contributed by atoms with van der Waals surface area (Å²) in [5.74, 6) is 0. The Bertz CT molecular complexity index is 825. The molecule has 0 bridgehead atoms. The first kappa shape index (κ1) is 7.99. The lowest BCUT2D eigenvalue weighted by Crippen LogP contribution is -2.21. The van der Waals surface area contributed by atoms with Gasteiger partial charge in [-0.15, -0.1) is 0 Å². The van der Waals surface area contributed by atoms with Crippen molar-refractivity contribution < 1.29 is 0 Å². The molecule has 2 heterocycles. The highest BCUT2D eigenvalue weighted by molar-refractivity contribution is 6.07. The van der Waals surface area contributed by atoms with E-state index in [-0.39, 0.29) is 0 Å². The Morgan fingerprint density at radius 3 is 2.81 bits per heavy atom. The molecule has 0 amide bonds. The van der Waals surface area contributed by atoms with Crippen molar-refractivity contribution in [3.8, 4) is 0 Å². The molecule has 0 spiro atoms. The van der Waals surface area contributed by atoms with E-state index in [1.54, 1.807) is 0 Å². The monoisotopic (exact) mass is 205 g/mol. The topological polar surface area (TPSA) is 29.9 Å². The second kappa shape index (κ2) is 2.67. The van der Waals surface area contributed by atoms with Gasteiger partial charge >= 0.3 is 0 Å². The number of H-pyrrole nitrogens is 1. The summed E-state index contributed by atoms with van der Waals surface area (Å²) >= 11 is 0. The van der Waals surface area contributed by atoms with Crippen LogP contribution in [0.1, 0.15) is 0 Å². The van der Waals surface area contributed by atoms with Gasteiger partial charge in [0.25, 0.3) is 0 Å². The first-order chi connectivity index (χ1) is 7.93. The van der Waals surface area contributed by atoms with Crippen LogP contribution in [-0.2, 0) is 0 Å². The third-order valence-electron chi connectivity index (χ3n) is 3.16. The van der Waals surface area contributed by atoms with Crippen LogP contribution in [0.3, 0.4) is 0 Å². The Morgan fingerprint density at radius 1 is 0.875 bits per heavy atom. The Morgan fingerprint density at radius 2 is 1.81 bits per heavy atom. The number of para-hydroxylation sites is 1.